The maximum Gasteiger partial charge on any atom is 0.226 e. The van der Waals surface area contributed by atoms with E-state index in [9.17, 15) is 4.79 Å². The van der Waals surface area contributed by atoms with Gasteiger partial charge < -0.3 is 14.5 Å². The second kappa shape index (κ2) is 6.20. The van der Waals surface area contributed by atoms with Crippen LogP contribution in [0.25, 0.3) is 0 Å². The third-order valence-corrected chi connectivity index (χ3v) is 4.55. The smallest absolute Gasteiger partial charge is 0.226 e. The summed E-state index contributed by atoms with van der Waals surface area (Å²) >= 11 is 0. The number of hydrogen-bond acceptors (Lipinski definition) is 4. The van der Waals surface area contributed by atoms with Gasteiger partial charge in [-0.25, -0.2) is 0 Å². The highest BCUT2D eigenvalue weighted by Gasteiger charge is 2.37. The van der Waals surface area contributed by atoms with E-state index >= 15 is 0 Å². The molecule has 1 aliphatic heterocycles. The normalized spacial score (nSPS) is 22.3. The number of furan rings is 1. The highest BCUT2D eigenvalue weighted by atomic mass is 16.5. The largest absolute Gasteiger partial charge is 0.464 e. The van der Waals surface area contributed by atoms with Gasteiger partial charge in [0.25, 0.3) is 0 Å². The average molecular weight is 317 g/mol. The Labute approximate surface area is 135 Å². The lowest BCUT2D eigenvalue weighted by atomic mass is 9.94. The minimum atomic E-state index is -0.228. The predicted molar refractivity (Wildman–Crippen MR) is 84.7 cm³/mol. The number of aromatic nitrogens is 2. The van der Waals surface area contributed by atoms with Gasteiger partial charge in [-0.15, -0.1) is 0 Å². The molecule has 1 amide bonds. The molecule has 0 radical (unpaired) electrons. The van der Waals surface area contributed by atoms with Gasteiger partial charge in [0.2, 0.25) is 5.91 Å². The Morgan fingerprint density at radius 2 is 2.22 bits per heavy atom. The first-order valence-corrected chi connectivity index (χ1v) is 7.94. The minimum Gasteiger partial charge on any atom is -0.464 e. The van der Waals surface area contributed by atoms with Crippen molar-refractivity contribution in [3.8, 4) is 0 Å². The predicted octanol–water partition coefficient (Wildman–Crippen LogP) is 2.58. The molecule has 2 aromatic heterocycles. The summed E-state index contributed by atoms with van der Waals surface area (Å²) in [5.74, 6) is 1.41. The van der Waals surface area contributed by atoms with Gasteiger partial charge in [0.05, 0.1) is 24.3 Å². The third-order valence-electron chi connectivity index (χ3n) is 4.55. The van der Waals surface area contributed by atoms with E-state index in [0.29, 0.717) is 6.61 Å². The molecule has 3 rings (SSSR count). The van der Waals surface area contributed by atoms with Gasteiger partial charge in [0, 0.05) is 24.9 Å². The molecule has 1 N–H and O–H groups in total. The monoisotopic (exact) mass is 317 g/mol. The van der Waals surface area contributed by atoms with E-state index in [0.717, 1.165) is 29.2 Å². The lowest BCUT2D eigenvalue weighted by Crippen LogP contribution is -2.34. The van der Waals surface area contributed by atoms with Crippen molar-refractivity contribution < 1.29 is 13.9 Å². The Bertz CT molecular complexity index is 704. The van der Waals surface area contributed by atoms with Crippen LogP contribution in [0.3, 0.4) is 0 Å². The Morgan fingerprint density at radius 3 is 2.83 bits per heavy atom. The van der Waals surface area contributed by atoms with E-state index < -0.39 is 0 Å². The van der Waals surface area contributed by atoms with E-state index in [-0.39, 0.29) is 24.0 Å². The van der Waals surface area contributed by atoms with Crippen LogP contribution in [-0.2, 0) is 16.6 Å². The number of carbonyl (C=O) groups excluding carboxylic acids is 1. The quantitative estimate of drug-likeness (QED) is 0.941. The number of rotatable bonds is 4. The molecule has 124 valence electrons. The SMILES string of the molecule is Cc1ccc([C@H](C)NC(=O)[C@H]2CCO[C@@H]2c2cnn(C)c2C)o1. The van der Waals surface area contributed by atoms with Gasteiger partial charge in [-0.2, -0.15) is 5.10 Å². The summed E-state index contributed by atoms with van der Waals surface area (Å²) in [6.45, 7) is 6.40. The van der Waals surface area contributed by atoms with Gasteiger partial charge >= 0.3 is 0 Å². The molecule has 3 heterocycles. The van der Waals surface area contributed by atoms with Crippen molar-refractivity contribution in [1.29, 1.82) is 0 Å². The zero-order chi connectivity index (χ0) is 16.6. The lowest BCUT2D eigenvalue weighted by Gasteiger charge is -2.20. The zero-order valence-corrected chi connectivity index (χ0v) is 14.0. The van der Waals surface area contributed by atoms with Gasteiger partial charge in [-0.05, 0) is 39.3 Å². The fourth-order valence-electron chi connectivity index (χ4n) is 3.04. The van der Waals surface area contributed by atoms with Gasteiger partial charge in [0.15, 0.2) is 0 Å². The van der Waals surface area contributed by atoms with Crippen LogP contribution in [-0.4, -0.2) is 22.3 Å². The highest BCUT2D eigenvalue weighted by Crippen LogP contribution is 2.36. The number of ether oxygens (including phenoxy) is 1. The topological polar surface area (TPSA) is 69.3 Å². The Kier molecular flexibility index (Phi) is 4.26. The van der Waals surface area contributed by atoms with Crippen LogP contribution in [0.5, 0.6) is 0 Å². The first-order valence-electron chi connectivity index (χ1n) is 7.94. The number of nitrogens with one attached hydrogen (secondary N) is 1. The summed E-state index contributed by atoms with van der Waals surface area (Å²) in [5.41, 5.74) is 2.02. The molecule has 0 bridgehead atoms. The Morgan fingerprint density at radius 1 is 1.43 bits per heavy atom. The second-order valence-corrected chi connectivity index (χ2v) is 6.17. The summed E-state index contributed by atoms with van der Waals surface area (Å²) in [7, 11) is 1.89. The van der Waals surface area contributed by atoms with E-state index in [1.165, 1.54) is 0 Å². The van der Waals surface area contributed by atoms with Crippen LogP contribution in [0.1, 0.15) is 48.3 Å². The number of carbonyl (C=O) groups is 1. The fraction of sp³-hybridized carbons (Fsp3) is 0.529. The molecule has 1 aliphatic rings. The van der Waals surface area contributed by atoms with Crippen LogP contribution < -0.4 is 5.32 Å². The van der Waals surface area contributed by atoms with Crippen LogP contribution in [0, 0.1) is 19.8 Å². The van der Waals surface area contributed by atoms with E-state index in [2.05, 4.69) is 10.4 Å². The summed E-state index contributed by atoms with van der Waals surface area (Å²) in [4.78, 5) is 12.7. The van der Waals surface area contributed by atoms with Crippen LogP contribution in [0.4, 0.5) is 0 Å². The molecule has 3 atom stereocenters. The van der Waals surface area contributed by atoms with E-state index in [4.69, 9.17) is 9.15 Å². The number of nitrogens with zero attached hydrogens (tertiary/aromatic N) is 2. The minimum absolute atomic E-state index is 0.00249. The van der Waals surface area contributed by atoms with Crippen molar-refractivity contribution in [1.82, 2.24) is 15.1 Å². The third kappa shape index (κ3) is 3.03. The summed E-state index contributed by atoms with van der Waals surface area (Å²) < 4.78 is 13.2. The first-order chi connectivity index (χ1) is 11.0. The molecule has 6 heteroatoms. The molecular formula is C17H23N3O3. The van der Waals surface area contributed by atoms with Crippen molar-refractivity contribution in [2.45, 2.75) is 39.3 Å². The van der Waals surface area contributed by atoms with Gasteiger partial charge in [-0.1, -0.05) is 0 Å². The van der Waals surface area contributed by atoms with Gasteiger partial charge in [-0.3, -0.25) is 9.48 Å². The standard InChI is InChI=1S/C17H23N3O3/c1-10-5-6-15(23-10)11(2)19-17(21)13-7-8-22-16(13)14-9-18-20(4)12(14)3/h5-6,9,11,13,16H,7-8H2,1-4H3,(H,19,21)/t11-,13-,16-/m0/s1. The summed E-state index contributed by atoms with van der Waals surface area (Å²) in [5, 5.41) is 7.29. The van der Waals surface area contributed by atoms with Crippen molar-refractivity contribution in [3.63, 3.8) is 0 Å². The zero-order valence-electron chi connectivity index (χ0n) is 14.0. The molecule has 2 aromatic rings. The molecule has 6 nitrogen and oxygen atoms in total. The van der Waals surface area contributed by atoms with Gasteiger partial charge in [0.1, 0.15) is 11.5 Å². The maximum atomic E-state index is 12.7. The second-order valence-electron chi connectivity index (χ2n) is 6.17. The molecule has 0 aromatic carbocycles. The molecule has 0 spiro atoms. The molecular weight excluding hydrogens is 294 g/mol. The number of hydrogen-bond donors (Lipinski definition) is 1. The first kappa shape index (κ1) is 15.8. The molecule has 1 fully saturated rings. The van der Waals surface area contributed by atoms with Crippen molar-refractivity contribution >= 4 is 5.91 Å². The lowest BCUT2D eigenvalue weighted by molar-refractivity contribution is -0.127. The number of amides is 1. The van der Waals surface area contributed by atoms with Crippen LogP contribution in [0.2, 0.25) is 0 Å². The van der Waals surface area contributed by atoms with Crippen molar-refractivity contribution in [2.24, 2.45) is 13.0 Å². The van der Waals surface area contributed by atoms with Crippen LogP contribution in [0.15, 0.2) is 22.7 Å². The van der Waals surface area contributed by atoms with E-state index in [1.54, 1.807) is 10.9 Å². The Balaban J connectivity index is 1.72. The summed E-state index contributed by atoms with van der Waals surface area (Å²) in [6.07, 6.45) is 2.29. The maximum absolute atomic E-state index is 12.7. The van der Waals surface area contributed by atoms with E-state index in [1.807, 2.05) is 40.0 Å². The van der Waals surface area contributed by atoms with Crippen LogP contribution >= 0.6 is 0 Å². The molecule has 0 aliphatic carbocycles. The fourth-order valence-corrected chi connectivity index (χ4v) is 3.04. The number of aryl methyl sites for hydroxylation is 2. The molecule has 0 saturated carbocycles. The molecule has 23 heavy (non-hydrogen) atoms. The molecule has 0 unspecified atom stereocenters. The average Bonchev–Trinajstić information content (AvgIpc) is 3.21. The molecule has 1 saturated heterocycles. The van der Waals surface area contributed by atoms with Crippen molar-refractivity contribution in [3.05, 3.63) is 41.1 Å². The highest BCUT2D eigenvalue weighted by molar-refractivity contribution is 5.80. The Hall–Kier alpha value is -2.08. The summed E-state index contributed by atoms with van der Waals surface area (Å²) in [6, 6.07) is 3.64. The van der Waals surface area contributed by atoms with Crippen molar-refractivity contribution in [2.75, 3.05) is 6.61 Å².